The molecule has 124 valence electrons. The van der Waals surface area contributed by atoms with Gasteiger partial charge in [0.2, 0.25) is 10.0 Å². The first-order valence-electron chi connectivity index (χ1n) is 7.34. The Morgan fingerprint density at radius 2 is 1.91 bits per heavy atom. The van der Waals surface area contributed by atoms with E-state index in [4.69, 9.17) is 4.74 Å². The third kappa shape index (κ3) is 5.33. The van der Waals surface area contributed by atoms with Crippen LogP contribution in [0.3, 0.4) is 0 Å². The summed E-state index contributed by atoms with van der Waals surface area (Å²) in [6.45, 7) is 4.09. The van der Waals surface area contributed by atoms with E-state index >= 15 is 0 Å². The molecule has 0 heterocycles. The molecule has 0 radical (unpaired) electrons. The Hall–Kier alpha value is -1.92. The van der Waals surface area contributed by atoms with E-state index in [2.05, 4.69) is 4.72 Å². The molecule has 0 spiro atoms. The van der Waals surface area contributed by atoms with Gasteiger partial charge in [-0.25, -0.2) is 17.5 Å². The predicted octanol–water partition coefficient (Wildman–Crippen LogP) is 3.15. The zero-order chi connectivity index (χ0) is 16.9. The summed E-state index contributed by atoms with van der Waals surface area (Å²) in [5, 5.41) is 0. The number of hydrogen-bond donors (Lipinski definition) is 1. The molecule has 0 amide bonds. The van der Waals surface area contributed by atoms with Gasteiger partial charge in [0.05, 0.1) is 12.4 Å². The van der Waals surface area contributed by atoms with Gasteiger partial charge in [-0.1, -0.05) is 35.9 Å². The van der Waals surface area contributed by atoms with Gasteiger partial charge in [-0.05, 0) is 37.1 Å². The summed E-state index contributed by atoms with van der Waals surface area (Å²) in [6.07, 6.45) is 0. The van der Waals surface area contributed by atoms with Gasteiger partial charge in [-0.2, -0.15) is 0 Å². The Bertz CT molecular complexity index is 775. The van der Waals surface area contributed by atoms with Crippen LogP contribution < -0.4 is 9.46 Å². The zero-order valence-corrected chi connectivity index (χ0v) is 14.0. The van der Waals surface area contributed by atoms with Gasteiger partial charge in [-0.15, -0.1) is 0 Å². The summed E-state index contributed by atoms with van der Waals surface area (Å²) in [6, 6.07) is 11.7. The highest BCUT2D eigenvalue weighted by molar-refractivity contribution is 7.88. The highest BCUT2D eigenvalue weighted by Crippen LogP contribution is 2.18. The number of nitrogens with one attached hydrogen (secondary N) is 1. The van der Waals surface area contributed by atoms with Gasteiger partial charge in [0.15, 0.2) is 11.6 Å². The monoisotopic (exact) mass is 337 g/mol. The summed E-state index contributed by atoms with van der Waals surface area (Å²) in [5.74, 6) is -0.435. The van der Waals surface area contributed by atoms with E-state index in [1.807, 2.05) is 25.1 Å². The van der Waals surface area contributed by atoms with E-state index in [0.717, 1.165) is 11.1 Å². The van der Waals surface area contributed by atoms with Gasteiger partial charge >= 0.3 is 0 Å². The van der Waals surface area contributed by atoms with Crippen LogP contribution in [-0.2, 0) is 22.3 Å². The van der Waals surface area contributed by atoms with Gasteiger partial charge in [0, 0.05) is 6.54 Å². The summed E-state index contributed by atoms with van der Waals surface area (Å²) in [7, 11) is -3.49. The van der Waals surface area contributed by atoms with Crippen molar-refractivity contribution in [3.05, 3.63) is 65.0 Å². The first-order chi connectivity index (χ1) is 10.9. The van der Waals surface area contributed by atoms with Crippen LogP contribution in [-0.4, -0.2) is 15.0 Å². The molecule has 6 heteroatoms. The maximum Gasteiger partial charge on any atom is 0.216 e. The molecule has 0 saturated heterocycles. The fourth-order valence-electron chi connectivity index (χ4n) is 2.19. The van der Waals surface area contributed by atoms with Gasteiger partial charge in [-0.3, -0.25) is 0 Å². The van der Waals surface area contributed by atoms with Crippen molar-refractivity contribution in [1.29, 1.82) is 0 Å². The average molecular weight is 337 g/mol. The Morgan fingerprint density at radius 3 is 2.57 bits per heavy atom. The Balaban J connectivity index is 2.00. The molecular weight excluding hydrogens is 317 g/mol. The molecule has 0 aliphatic carbocycles. The van der Waals surface area contributed by atoms with Crippen LogP contribution >= 0.6 is 0 Å². The molecule has 1 N–H and O–H groups in total. The fraction of sp³-hybridized carbons (Fsp3) is 0.294. The van der Waals surface area contributed by atoms with Crippen LogP contribution in [0.25, 0.3) is 0 Å². The molecule has 0 aromatic heterocycles. The molecule has 0 saturated carbocycles. The molecule has 2 aromatic rings. The van der Waals surface area contributed by atoms with E-state index in [0.29, 0.717) is 12.2 Å². The lowest BCUT2D eigenvalue weighted by Crippen LogP contribution is -2.24. The van der Waals surface area contributed by atoms with Crippen molar-refractivity contribution in [3.63, 3.8) is 0 Å². The molecule has 23 heavy (non-hydrogen) atoms. The SMILES string of the molecule is CCOc1ccc(CNS(=O)(=O)Cc2cccc(C)c2)cc1F. The number of rotatable bonds is 7. The second-order valence-corrected chi connectivity index (χ2v) is 7.07. The third-order valence-electron chi connectivity index (χ3n) is 3.23. The third-order valence-corrected chi connectivity index (χ3v) is 4.53. The fourth-order valence-corrected chi connectivity index (χ4v) is 3.30. The molecular formula is C17H20FNO3S. The van der Waals surface area contributed by atoms with Crippen molar-refractivity contribution in [2.45, 2.75) is 26.1 Å². The van der Waals surface area contributed by atoms with Crippen LogP contribution in [0.2, 0.25) is 0 Å². The minimum absolute atomic E-state index is 0.0392. The van der Waals surface area contributed by atoms with E-state index in [1.165, 1.54) is 12.1 Å². The van der Waals surface area contributed by atoms with Crippen LogP contribution in [0.1, 0.15) is 23.6 Å². The normalized spacial score (nSPS) is 11.4. The van der Waals surface area contributed by atoms with Gasteiger partial charge in [0.1, 0.15) is 0 Å². The molecule has 0 aliphatic heterocycles. The molecule has 0 bridgehead atoms. The quantitative estimate of drug-likeness (QED) is 0.844. The van der Waals surface area contributed by atoms with Crippen LogP contribution in [0.15, 0.2) is 42.5 Å². The number of benzene rings is 2. The van der Waals surface area contributed by atoms with Crippen molar-refractivity contribution >= 4 is 10.0 Å². The minimum Gasteiger partial charge on any atom is -0.491 e. The average Bonchev–Trinajstić information content (AvgIpc) is 2.47. The van der Waals surface area contributed by atoms with Crippen molar-refractivity contribution < 1.29 is 17.5 Å². The highest BCUT2D eigenvalue weighted by Gasteiger charge is 2.12. The van der Waals surface area contributed by atoms with Crippen molar-refractivity contribution in [1.82, 2.24) is 4.72 Å². The maximum atomic E-state index is 13.7. The lowest BCUT2D eigenvalue weighted by molar-refractivity contribution is 0.321. The van der Waals surface area contributed by atoms with Crippen molar-refractivity contribution in [2.75, 3.05) is 6.61 Å². The zero-order valence-electron chi connectivity index (χ0n) is 13.2. The van der Waals surface area contributed by atoms with E-state index in [9.17, 15) is 12.8 Å². The number of halogens is 1. The summed E-state index contributed by atoms with van der Waals surface area (Å²) in [5.41, 5.74) is 2.26. The number of sulfonamides is 1. The summed E-state index contributed by atoms with van der Waals surface area (Å²) < 4.78 is 45.6. The Labute approximate surface area is 136 Å². The predicted molar refractivity (Wildman–Crippen MR) is 88.2 cm³/mol. The molecule has 0 atom stereocenters. The molecule has 0 unspecified atom stereocenters. The van der Waals surface area contributed by atoms with Gasteiger partial charge in [0.25, 0.3) is 0 Å². The lowest BCUT2D eigenvalue weighted by atomic mass is 10.2. The second-order valence-electron chi connectivity index (χ2n) is 5.27. The smallest absolute Gasteiger partial charge is 0.216 e. The topological polar surface area (TPSA) is 55.4 Å². The van der Waals surface area contributed by atoms with Crippen LogP contribution in [0.5, 0.6) is 5.75 Å². The van der Waals surface area contributed by atoms with Crippen LogP contribution in [0.4, 0.5) is 4.39 Å². The Morgan fingerprint density at radius 1 is 1.13 bits per heavy atom. The molecule has 2 aromatic carbocycles. The highest BCUT2D eigenvalue weighted by atomic mass is 32.2. The maximum absolute atomic E-state index is 13.7. The Kier molecular flexibility index (Phi) is 5.74. The van der Waals surface area contributed by atoms with E-state index in [1.54, 1.807) is 19.1 Å². The standard InChI is InChI=1S/C17H20FNO3S/c1-3-22-17-8-7-14(10-16(17)18)11-19-23(20,21)12-15-6-4-5-13(2)9-15/h4-10,19H,3,11-12H2,1-2H3. The summed E-state index contributed by atoms with van der Waals surface area (Å²) >= 11 is 0. The van der Waals surface area contributed by atoms with Crippen molar-refractivity contribution in [2.24, 2.45) is 0 Å². The molecule has 0 aliphatic rings. The van der Waals surface area contributed by atoms with E-state index < -0.39 is 15.8 Å². The second kappa shape index (κ2) is 7.57. The molecule has 2 rings (SSSR count). The number of aryl methyl sites for hydroxylation is 1. The molecule has 4 nitrogen and oxygen atoms in total. The largest absolute Gasteiger partial charge is 0.491 e. The lowest BCUT2D eigenvalue weighted by Gasteiger charge is -2.09. The first kappa shape index (κ1) is 17.4. The van der Waals surface area contributed by atoms with Gasteiger partial charge < -0.3 is 4.74 Å². The molecule has 0 fully saturated rings. The first-order valence-corrected chi connectivity index (χ1v) is 8.99. The minimum atomic E-state index is -3.49. The van der Waals surface area contributed by atoms with Crippen LogP contribution in [0, 0.1) is 12.7 Å². The summed E-state index contributed by atoms with van der Waals surface area (Å²) in [4.78, 5) is 0. The number of ether oxygens (including phenoxy) is 1. The van der Waals surface area contributed by atoms with Crippen molar-refractivity contribution in [3.8, 4) is 5.75 Å². The van der Waals surface area contributed by atoms with E-state index in [-0.39, 0.29) is 18.0 Å². The number of hydrogen-bond acceptors (Lipinski definition) is 3.